The third-order valence-corrected chi connectivity index (χ3v) is 10.4. The van der Waals surface area contributed by atoms with E-state index in [1.54, 1.807) is 0 Å². The van der Waals surface area contributed by atoms with Crippen LogP contribution in [-0.2, 0) is 27.7 Å². The molecule has 4 heterocycles. The molecule has 1 aromatic carbocycles. The van der Waals surface area contributed by atoms with Gasteiger partial charge >= 0.3 is 0 Å². The average molecular weight is 572 g/mol. The summed E-state index contributed by atoms with van der Waals surface area (Å²) >= 11 is 1.41. The van der Waals surface area contributed by atoms with Crippen molar-refractivity contribution in [3.63, 3.8) is 0 Å². The smallest absolute Gasteiger partial charge is 0.281 e. The Balaban J connectivity index is 1.44. The minimum absolute atomic E-state index is 0.0118. The van der Waals surface area contributed by atoms with Crippen molar-refractivity contribution < 1.29 is 22.7 Å². The van der Waals surface area contributed by atoms with E-state index in [1.807, 2.05) is 33.8 Å². The van der Waals surface area contributed by atoms with Gasteiger partial charge in [0.1, 0.15) is 11.7 Å². The summed E-state index contributed by atoms with van der Waals surface area (Å²) in [6.07, 6.45) is 0.707. The molecule has 1 fully saturated rings. The highest BCUT2D eigenvalue weighted by Crippen LogP contribution is 2.38. The van der Waals surface area contributed by atoms with E-state index in [1.165, 1.54) is 44.6 Å². The standard InChI is InChI=1S/C27H33N5O5S2/c1-6-30-12-11-21-22(14-30)38-25(23(21)26(34)32-18(3)13-17(2)29-32)28-24(33)19-7-9-20(10-8-19)39(35,36)31-16-37-15-27(31,4)5/h7-10,13H,6,11-12,14-16H2,1-5H3,(H,28,33). The predicted octanol–water partition coefficient (Wildman–Crippen LogP) is 3.64. The third kappa shape index (κ3) is 5.07. The van der Waals surface area contributed by atoms with Gasteiger partial charge in [0.25, 0.3) is 11.8 Å². The number of hydrogen-bond donors (Lipinski definition) is 1. The molecule has 1 saturated heterocycles. The largest absolute Gasteiger partial charge is 0.363 e. The number of nitrogens with zero attached hydrogens (tertiary/aromatic N) is 4. The highest BCUT2D eigenvalue weighted by atomic mass is 32.2. The number of nitrogens with one attached hydrogen (secondary N) is 1. The molecule has 0 aliphatic carbocycles. The summed E-state index contributed by atoms with van der Waals surface area (Å²) in [5.74, 6) is -0.688. The van der Waals surface area contributed by atoms with E-state index in [-0.39, 0.29) is 23.1 Å². The summed E-state index contributed by atoms with van der Waals surface area (Å²) in [5.41, 5.74) is 2.53. The molecule has 0 saturated carbocycles. The van der Waals surface area contributed by atoms with Crippen LogP contribution in [0, 0.1) is 13.8 Å². The Morgan fingerprint density at radius 2 is 1.90 bits per heavy atom. The van der Waals surface area contributed by atoms with Crippen LogP contribution in [0.25, 0.3) is 0 Å². The molecular formula is C27H33N5O5S2. The molecule has 39 heavy (non-hydrogen) atoms. The van der Waals surface area contributed by atoms with Crippen LogP contribution in [0.2, 0.25) is 0 Å². The van der Waals surface area contributed by atoms with Gasteiger partial charge in [0.05, 0.1) is 28.3 Å². The van der Waals surface area contributed by atoms with Gasteiger partial charge in [-0.3, -0.25) is 14.5 Å². The van der Waals surface area contributed by atoms with E-state index in [9.17, 15) is 18.0 Å². The second kappa shape index (κ2) is 10.3. The normalized spacial score (nSPS) is 17.8. The molecule has 0 bridgehead atoms. The summed E-state index contributed by atoms with van der Waals surface area (Å²) in [5, 5.41) is 7.80. The van der Waals surface area contributed by atoms with E-state index in [0.29, 0.717) is 30.1 Å². The molecule has 0 atom stereocenters. The fourth-order valence-corrected chi connectivity index (χ4v) is 8.01. The molecule has 2 aromatic heterocycles. The lowest BCUT2D eigenvalue weighted by Gasteiger charge is -2.28. The first-order valence-corrected chi connectivity index (χ1v) is 15.1. The first-order valence-electron chi connectivity index (χ1n) is 12.9. The number of fused-ring (bicyclic) bond motifs is 1. The SMILES string of the molecule is CCN1CCc2c(sc(NC(=O)c3ccc(S(=O)(=O)N4COCC4(C)C)cc3)c2C(=O)n2nc(C)cc2C)C1. The Morgan fingerprint density at radius 3 is 2.49 bits per heavy atom. The zero-order chi connectivity index (χ0) is 28.1. The monoisotopic (exact) mass is 571 g/mol. The summed E-state index contributed by atoms with van der Waals surface area (Å²) in [7, 11) is -3.79. The van der Waals surface area contributed by atoms with Crippen LogP contribution < -0.4 is 5.32 Å². The van der Waals surface area contributed by atoms with Crippen molar-refractivity contribution in [2.24, 2.45) is 0 Å². The minimum atomic E-state index is -3.79. The molecule has 3 aromatic rings. The maximum absolute atomic E-state index is 13.7. The Morgan fingerprint density at radius 1 is 1.18 bits per heavy atom. The van der Waals surface area contributed by atoms with Crippen molar-refractivity contribution in [2.45, 2.75) is 58.0 Å². The lowest BCUT2D eigenvalue weighted by molar-refractivity contribution is 0.0942. The number of benzene rings is 1. The Labute approximate surface area is 232 Å². The van der Waals surface area contributed by atoms with Gasteiger partial charge in [-0.25, -0.2) is 13.1 Å². The van der Waals surface area contributed by atoms with E-state index < -0.39 is 21.5 Å². The summed E-state index contributed by atoms with van der Waals surface area (Å²) in [6.45, 7) is 12.1. The number of anilines is 1. The van der Waals surface area contributed by atoms with Crippen LogP contribution in [0.5, 0.6) is 0 Å². The Hall–Kier alpha value is -2.90. The number of amides is 1. The molecule has 208 valence electrons. The minimum Gasteiger partial charge on any atom is -0.363 e. The summed E-state index contributed by atoms with van der Waals surface area (Å²) in [4.78, 5) is 30.5. The quantitative estimate of drug-likeness (QED) is 0.481. The van der Waals surface area contributed by atoms with Crippen molar-refractivity contribution in [3.8, 4) is 0 Å². The van der Waals surface area contributed by atoms with Gasteiger partial charge in [-0.05, 0) is 76.6 Å². The molecule has 2 aliphatic heterocycles. The van der Waals surface area contributed by atoms with Gasteiger partial charge in [0.2, 0.25) is 10.0 Å². The lowest BCUT2D eigenvalue weighted by atomic mass is 10.0. The maximum Gasteiger partial charge on any atom is 0.281 e. The number of hydrogen-bond acceptors (Lipinski definition) is 8. The Kier molecular flexibility index (Phi) is 7.27. The molecule has 0 spiro atoms. The fraction of sp³-hybridized carbons (Fsp3) is 0.444. The number of carbonyl (C=O) groups is 2. The topological polar surface area (TPSA) is 114 Å². The van der Waals surface area contributed by atoms with Crippen LogP contribution in [0.15, 0.2) is 35.2 Å². The molecule has 10 nitrogen and oxygen atoms in total. The summed E-state index contributed by atoms with van der Waals surface area (Å²) < 4.78 is 34.4. The van der Waals surface area contributed by atoms with Crippen LogP contribution in [-0.4, -0.2) is 71.2 Å². The van der Waals surface area contributed by atoms with E-state index in [0.717, 1.165) is 34.9 Å². The van der Waals surface area contributed by atoms with Gasteiger partial charge in [0, 0.05) is 29.2 Å². The summed E-state index contributed by atoms with van der Waals surface area (Å²) in [6, 6.07) is 7.68. The van der Waals surface area contributed by atoms with E-state index in [4.69, 9.17) is 4.74 Å². The number of ether oxygens (including phenoxy) is 1. The van der Waals surface area contributed by atoms with Gasteiger partial charge < -0.3 is 10.1 Å². The number of sulfonamides is 1. The molecule has 1 N–H and O–H groups in total. The average Bonchev–Trinajstić information content (AvgIpc) is 3.56. The number of rotatable bonds is 6. The molecule has 0 unspecified atom stereocenters. The molecule has 2 aliphatic rings. The van der Waals surface area contributed by atoms with Gasteiger partial charge in [-0.15, -0.1) is 11.3 Å². The molecule has 5 rings (SSSR count). The van der Waals surface area contributed by atoms with Crippen molar-refractivity contribution in [1.29, 1.82) is 0 Å². The number of aromatic nitrogens is 2. The van der Waals surface area contributed by atoms with Crippen molar-refractivity contribution >= 4 is 38.2 Å². The number of likely N-dealkylation sites (N-methyl/N-ethyl adjacent to an activating group) is 1. The van der Waals surface area contributed by atoms with Crippen molar-refractivity contribution in [1.82, 2.24) is 19.0 Å². The second-order valence-corrected chi connectivity index (χ2v) is 13.6. The third-order valence-electron chi connectivity index (χ3n) is 7.27. The zero-order valence-electron chi connectivity index (χ0n) is 22.8. The maximum atomic E-state index is 13.7. The lowest BCUT2D eigenvalue weighted by Crippen LogP contribution is -2.44. The molecule has 12 heteroatoms. The van der Waals surface area contributed by atoms with E-state index in [2.05, 4.69) is 22.2 Å². The molecule has 1 amide bonds. The first-order chi connectivity index (χ1) is 18.4. The van der Waals surface area contributed by atoms with Crippen LogP contribution >= 0.6 is 11.3 Å². The van der Waals surface area contributed by atoms with Crippen LogP contribution in [0.3, 0.4) is 0 Å². The highest BCUT2D eigenvalue weighted by molar-refractivity contribution is 7.89. The van der Waals surface area contributed by atoms with Crippen LogP contribution in [0.1, 0.15) is 63.3 Å². The van der Waals surface area contributed by atoms with Gasteiger partial charge in [-0.1, -0.05) is 6.92 Å². The Bertz CT molecular complexity index is 1540. The first kappa shape index (κ1) is 27.7. The van der Waals surface area contributed by atoms with Crippen LogP contribution in [0.4, 0.5) is 5.00 Å². The van der Waals surface area contributed by atoms with Gasteiger partial charge in [-0.2, -0.15) is 9.40 Å². The predicted molar refractivity (Wildman–Crippen MR) is 149 cm³/mol. The number of thiophene rings is 1. The second-order valence-electron chi connectivity index (χ2n) is 10.6. The zero-order valence-corrected chi connectivity index (χ0v) is 24.4. The van der Waals surface area contributed by atoms with Crippen molar-refractivity contribution in [3.05, 3.63) is 63.3 Å². The van der Waals surface area contributed by atoms with Crippen molar-refractivity contribution in [2.75, 3.05) is 31.7 Å². The number of carbonyl (C=O) groups excluding carboxylic acids is 2. The highest BCUT2D eigenvalue weighted by Gasteiger charge is 2.42. The molecule has 0 radical (unpaired) electrons. The molecular weight excluding hydrogens is 538 g/mol. The van der Waals surface area contributed by atoms with E-state index >= 15 is 0 Å². The number of aryl methyl sites for hydroxylation is 2. The fourth-order valence-electron chi connectivity index (χ4n) is 5.08. The van der Waals surface area contributed by atoms with Gasteiger partial charge in [0.15, 0.2) is 0 Å².